The molecule has 32 heavy (non-hydrogen) atoms. The first-order valence-electron chi connectivity index (χ1n) is 11.6. The van der Waals surface area contributed by atoms with Crippen LogP contribution in [-0.4, -0.2) is 27.0 Å². The second kappa shape index (κ2) is 9.43. The average molecular weight is 435 g/mol. The van der Waals surface area contributed by atoms with Crippen LogP contribution in [0.3, 0.4) is 0 Å². The maximum atomic E-state index is 12.4. The van der Waals surface area contributed by atoms with Crippen molar-refractivity contribution in [3.63, 3.8) is 0 Å². The molecule has 0 aliphatic rings. The van der Waals surface area contributed by atoms with Crippen molar-refractivity contribution >= 4 is 11.6 Å². The molecule has 2 aromatic heterocycles. The molecule has 5 heteroatoms. The lowest BCUT2D eigenvalue weighted by Crippen LogP contribution is -2.25. The fourth-order valence-corrected chi connectivity index (χ4v) is 3.73. The van der Waals surface area contributed by atoms with Gasteiger partial charge in [0.25, 0.3) is 0 Å². The fraction of sp³-hybridized carbons (Fsp3) is 0.519. The van der Waals surface area contributed by atoms with Crippen LogP contribution in [-0.2, 0) is 28.5 Å². The Morgan fingerprint density at radius 2 is 1.59 bits per heavy atom. The highest BCUT2D eigenvalue weighted by molar-refractivity contribution is 5.76. The predicted octanol–water partition coefficient (Wildman–Crippen LogP) is 5.31. The quantitative estimate of drug-likeness (QED) is 0.512. The molecule has 3 rings (SSSR count). The van der Waals surface area contributed by atoms with E-state index in [9.17, 15) is 4.79 Å². The molecule has 1 N–H and O–H groups in total. The highest BCUT2D eigenvalue weighted by Crippen LogP contribution is 2.30. The van der Waals surface area contributed by atoms with E-state index in [1.165, 1.54) is 16.7 Å². The van der Waals surface area contributed by atoms with Crippen LogP contribution in [0.15, 0.2) is 36.7 Å². The predicted molar refractivity (Wildman–Crippen MR) is 131 cm³/mol. The summed E-state index contributed by atoms with van der Waals surface area (Å²) in [6.07, 6.45) is 6.94. The van der Waals surface area contributed by atoms with Crippen molar-refractivity contribution in [1.82, 2.24) is 19.9 Å². The third-order valence-corrected chi connectivity index (χ3v) is 5.82. The number of aryl methyl sites for hydroxylation is 3. The first-order valence-corrected chi connectivity index (χ1v) is 11.6. The van der Waals surface area contributed by atoms with Gasteiger partial charge < -0.3 is 5.32 Å². The summed E-state index contributed by atoms with van der Waals surface area (Å²) in [6, 6.07) is 8.82. The van der Waals surface area contributed by atoms with Gasteiger partial charge in [-0.25, -0.2) is 9.50 Å². The SMILES string of the molecule is Cc1cc2ncc(CCCNC(=O)CCc3cc(C(C)(C)C)cc(C(C)(C)C)c3)cn2n1. The van der Waals surface area contributed by atoms with Crippen LogP contribution in [0.4, 0.5) is 0 Å². The number of hydrogen-bond donors (Lipinski definition) is 1. The topological polar surface area (TPSA) is 59.3 Å². The maximum Gasteiger partial charge on any atom is 0.220 e. The van der Waals surface area contributed by atoms with Crippen molar-refractivity contribution < 1.29 is 4.79 Å². The summed E-state index contributed by atoms with van der Waals surface area (Å²) in [4.78, 5) is 16.9. The van der Waals surface area contributed by atoms with Gasteiger partial charge in [0.15, 0.2) is 5.65 Å². The largest absolute Gasteiger partial charge is 0.356 e. The molecule has 0 unspecified atom stereocenters. The van der Waals surface area contributed by atoms with Crippen LogP contribution < -0.4 is 5.32 Å². The summed E-state index contributed by atoms with van der Waals surface area (Å²) in [6.45, 7) is 16.1. The molecular weight excluding hydrogens is 396 g/mol. The van der Waals surface area contributed by atoms with Gasteiger partial charge in [-0.3, -0.25) is 4.79 Å². The monoisotopic (exact) mass is 434 g/mol. The highest BCUT2D eigenvalue weighted by Gasteiger charge is 2.20. The number of benzene rings is 1. The molecule has 3 aromatic rings. The van der Waals surface area contributed by atoms with Gasteiger partial charge in [0, 0.05) is 31.4 Å². The third-order valence-electron chi connectivity index (χ3n) is 5.82. The molecule has 0 saturated heterocycles. The van der Waals surface area contributed by atoms with Crippen LogP contribution in [0.2, 0.25) is 0 Å². The van der Waals surface area contributed by atoms with E-state index < -0.39 is 0 Å². The minimum absolute atomic E-state index is 0.0883. The Morgan fingerprint density at radius 1 is 0.938 bits per heavy atom. The summed E-state index contributed by atoms with van der Waals surface area (Å²) < 4.78 is 1.82. The third kappa shape index (κ3) is 6.41. The molecule has 0 aliphatic carbocycles. The van der Waals surface area contributed by atoms with Crippen molar-refractivity contribution in [3.8, 4) is 0 Å². The Bertz CT molecular complexity index is 1050. The number of carbonyl (C=O) groups is 1. The van der Waals surface area contributed by atoms with Gasteiger partial charge in [-0.05, 0) is 59.3 Å². The smallest absolute Gasteiger partial charge is 0.220 e. The molecule has 2 heterocycles. The molecule has 0 saturated carbocycles. The normalized spacial score (nSPS) is 12.3. The Hall–Kier alpha value is -2.69. The molecule has 0 radical (unpaired) electrons. The Balaban J connectivity index is 1.50. The second-order valence-electron chi connectivity index (χ2n) is 10.9. The van der Waals surface area contributed by atoms with Crippen LogP contribution in [0, 0.1) is 6.92 Å². The fourth-order valence-electron chi connectivity index (χ4n) is 3.73. The molecule has 0 atom stereocenters. The Kier molecular flexibility index (Phi) is 7.06. The van der Waals surface area contributed by atoms with E-state index >= 15 is 0 Å². The van der Waals surface area contributed by atoms with Gasteiger partial charge in [0.05, 0.1) is 5.69 Å². The lowest BCUT2D eigenvalue weighted by molar-refractivity contribution is -0.121. The molecule has 5 nitrogen and oxygen atoms in total. The van der Waals surface area contributed by atoms with Crippen LogP contribution in [0.1, 0.15) is 82.3 Å². The van der Waals surface area contributed by atoms with Gasteiger partial charge >= 0.3 is 0 Å². The van der Waals surface area contributed by atoms with Crippen molar-refractivity contribution in [2.24, 2.45) is 0 Å². The van der Waals surface area contributed by atoms with Crippen molar-refractivity contribution in [2.75, 3.05) is 6.54 Å². The Labute approximate surface area is 192 Å². The molecular formula is C27H38N4O. The number of rotatable bonds is 7. The average Bonchev–Trinajstić information content (AvgIpc) is 3.07. The van der Waals surface area contributed by atoms with Gasteiger partial charge in [-0.2, -0.15) is 5.10 Å². The molecule has 0 aliphatic heterocycles. The van der Waals surface area contributed by atoms with Gasteiger partial charge in [0.2, 0.25) is 5.91 Å². The first kappa shape index (κ1) is 24.0. The number of nitrogens with one attached hydrogen (secondary N) is 1. The van der Waals surface area contributed by atoms with Gasteiger partial charge in [0.1, 0.15) is 0 Å². The van der Waals surface area contributed by atoms with Crippen LogP contribution in [0.5, 0.6) is 0 Å². The zero-order chi connectivity index (χ0) is 23.5. The minimum atomic E-state index is 0.0883. The number of aromatic nitrogens is 3. The van der Waals surface area contributed by atoms with E-state index in [1.54, 1.807) is 0 Å². The van der Waals surface area contributed by atoms with E-state index in [0.29, 0.717) is 13.0 Å². The van der Waals surface area contributed by atoms with Gasteiger partial charge in [-0.15, -0.1) is 0 Å². The van der Waals surface area contributed by atoms with Crippen molar-refractivity contribution in [1.29, 1.82) is 0 Å². The number of carbonyl (C=O) groups excluding carboxylic acids is 1. The Morgan fingerprint density at radius 3 is 2.22 bits per heavy atom. The van der Waals surface area contributed by atoms with E-state index in [1.807, 2.05) is 29.9 Å². The van der Waals surface area contributed by atoms with Crippen LogP contribution in [0.25, 0.3) is 5.65 Å². The van der Waals surface area contributed by atoms with E-state index in [0.717, 1.165) is 36.2 Å². The summed E-state index contributed by atoms with van der Waals surface area (Å²) >= 11 is 0. The first-order chi connectivity index (χ1) is 14.9. The summed E-state index contributed by atoms with van der Waals surface area (Å²) in [5, 5.41) is 7.48. The maximum absolute atomic E-state index is 12.4. The molecule has 172 valence electrons. The second-order valence-corrected chi connectivity index (χ2v) is 10.9. The molecule has 0 spiro atoms. The lowest BCUT2D eigenvalue weighted by Gasteiger charge is -2.26. The van der Waals surface area contributed by atoms with E-state index in [4.69, 9.17) is 0 Å². The number of fused-ring (bicyclic) bond motifs is 1. The van der Waals surface area contributed by atoms with E-state index in [2.05, 4.69) is 75.1 Å². The summed E-state index contributed by atoms with van der Waals surface area (Å²) in [5.41, 5.74) is 7.04. The molecule has 0 bridgehead atoms. The van der Waals surface area contributed by atoms with Gasteiger partial charge in [-0.1, -0.05) is 59.7 Å². The number of amides is 1. The molecule has 1 amide bonds. The van der Waals surface area contributed by atoms with Crippen LogP contribution >= 0.6 is 0 Å². The number of nitrogens with zero attached hydrogens (tertiary/aromatic N) is 3. The molecule has 0 fully saturated rings. The van der Waals surface area contributed by atoms with E-state index in [-0.39, 0.29) is 16.7 Å². The lowest BCUT2D eigenvalue weighted by atomic mass is 9.79. The standard InChI is InChI=1S/C27H38N4O/c1-19-13-24-29-17-21(18-31(24)30-19)9-8-12-28-25(32)11-10-20-14-22(26(2,3)4)16-23(15-20)27(5,6)7/h13-18H,8-12H2,1-7H3,(H,28,32). The summed E-state index contributed by atoms with van der Waals surface area (Å²) in [5.74, 6) is 0.111. The number of hydrogen-bond acceptors (Lipinski definition) is 3. The zero-order valence-corrected chi connectivity index (χ0v) is 20.7. The zero-order valence-electron chi connectivity index (χ0n) is 20.7. The van der Waals surface area contributed by atoms with Crippen molar-refractivity contribution in [3.05, 3.63) is 64.6 Å². The highest BCUT2D eigenvalue weighted by atomic mass is 16.1. The molecule has 1 aromatic carbocycles. The minimum Gasteiger partial charge on any atom is -0.356 e. The summed E-state index contributed by atoms with van der Waals surface area (Å²) in [7, 11) is 0. The van der Waals surface area contributed by atoms with Crippen molar-refractivity contribution in [2.45, 2.75) is 85.0 Å².